The van der Waals surface area contributed by atoms with Gasteiger partial charge in [0, 0.05) is 31.2 Å². The lowest BCUT2D eigenvalue weighted by Gasteiger charge is -2.44. The first-order valence-corrected chi connectivity index (χ1v) is 5.01. The molecule has 0 radical (unpaired) electrons. The molecule has 0 aromatic carbocycles. The lowest BCUT2D eigenvalue weighted by molar-refractivity contribution is 0.0858. The number of nitrogens with one attached hydrogen (secondary N) is 1. The zero-order chi connectivity index (χ0) is 10.1. The van der Waals surface area contributed by atoms with E-state index in [1.54, 1.807) is 0 Å². The molecule has 1 aliphatic heterocycles. The van der Waals surface area contributed by atoms with E-state index < -0.39 is 0 Å². The van der Waals surface area contributed by atoms with E-state index in [1.807, 2.05) is 0 Å². The summed E-state index contributed by atoms with van der Waals surface area (Å²) in [5.74, 6) is 0. The van der Waals surface area contributed by atoms with Crippen LogP contribution in [0, 0.1) is 0 Å². The molecule has 13 heavy (non-hydrogen) atoms. The molecule has 0 aromatic rings. The highest BCUT2D eigenvalue weighted by molar-refractivity contribution is 4.91. The minimum atomic E-state index is 0.308. The third-order valence-corrected chi connectivity index (χ3v) is 2.94. The largest absolute Gasteiger partial charge is 0.310 e. The van der Waals surface area contributed by atoms with E-state index in [2.05, 4.69) is 50.1 Å². The van der Waals surface area contributed by atoms with Gasteiger partial charge in [-0.2, -0.15) is 0 Å². The monoisotopic (exact) mass is 185 g/mol. The zero-order valence-electron chi connectivity index (χ0n) is 9.59. The number of nitrogens with zero attached hydrogens (tertiary/aromatic N) is 2. The molecule has 78 valence electrons. The van der Waals surface area contributed by atoms with Gasteiger partial charge in [-0.15, -0.1) is 0 Å². The van der Waals surface area contributed by atoms with Crippen LogP contribution in [0.5, 0.6) is 0 Å². The van der Waals surface area contributed by atoms with Crippen molar-refractivity contribution in [3.63, 3.8) is 0 Å². The van der Waals surface area contributed by atoms with Gasteiger partial charge >= 0.3 is 0 Å². The highest BCUT2D eigenvalue weighted by Gasteiger charge is 2.30. The van der Waals surface area contributed by atoms with Gasteiger partial charge in [-0.1, -0.05) is 0 Å². The second kappa shape index (κ2) is 3.95. The number of rotatable bonds is 2. The maximum absolute atomic E-state index is 3.59. The number of likely N-dealkylation sites (N-methyl/N-ethyl adjacent to an activating group) is 2. The Labute approximate surface area is 82.1 Å². The molecule has 0 bridgehead atoms. The molecule has 1 atom stereocenters. The molecule has 3 nitrogen and oxygen atoms in total. The summed E-state index contributed by atoms with van der Waals surface area (Å²) < 4.78 is 0. The summed E-state index contributed by atoms with van der Waals surface area (Å²) >= 11 is 0. The predicted molar refractivity (Wildman–Crippen MR) is 57.1 cm³/mol. The Morgan fingerprint density at radius 1 is 1.46 bits per heavy atom. The molecule has 3 heteroatoms. The van der Waals surface area contributed by atoms with E-state index in [0.717, 1.165) is 19.6 Å². The predicted octanol–water partition coefficient (Wildman–Crippen LogP) is 0.230. The van der Waals surface area contributed by atoms with Crippen molar-refractivity contribution >= 4 is 0 Å². The lowest BCUT2D eigenvalue weighted by Crippen LogP contribution is -2.62. The van der Waals surface area contributed by atoms with E-state index >= 15 is 0 Å². The van der Waals surface area contributed by atoms with Crippen LogP contribution in [0.3, 0.4) is 0 Å². The van der Waals surface area contributed by atoms with Crippen molar-refractivity contribution < 1.29 is 0 Å². The third-order valence-electron chi connectivity index (χ3n) is 2.94. The van der Waals surface area contributed by atoms with Gasteiger partial charge < -0.3 is 10.2 Å². The van der Waals surface area contributed by atoms with Crippen LogP contribution in [0.15, 0.2) is 0 Å². The van der Waals surface area contributed by atoms with Crippen molar-refractivity contribution in [3.05, 3.63) is 0 Å². The molecule has 0 aromatic heterocycles. The maximum atomic E-state index is 3.59. The highest BCUT2D eigenvalue weighted by Crippen LogP contribution is 2.15. The fourth-order valence-electron chi connectivity index (χ4n) is 1.73. The average Bonchev–Trinajstić information content (AvgIpc) is 1.97. The molecule has 1 aliphatic rings. The van der Waals surface area contributed by atoms with Crippen molar-refractivity contribution in [2.24, 2.45) is 0 Å². The van der Waals surface area contributed by atoms with E-state index in [9.17, 15) is 0 Å². The number of piperazine rings is 1. The topological polar surface area (TPSA) is 18.5 Å². The molecule has 0 spiro atoms. The molecular weight excluding hydrogens is 162 g/mol. The summed E-state index contributed by atoms with van der Waals surface area (Å²) in [4.78, 5) is 4.68. The normalized spacial score (nSPS) is 29.5. The Bertz CT molecular complexity index is 166. The van der Waals surface area contributed by atoms with Crippen LogP contribution >= 0.6 is 0 Å². The molecular formula is C10H23N3. The first-order valence-electron chi connectivity index (χ1n) is 5.01. The molecule has 0 aliphatic carbocycles. The molecule has 0 saturated carbocycles. The van der Waals surface area contributed by atoms with Gasteiger partial charge in [-0.05, 0) is 35.0 Å². The zero-order valence-corrected chi connectivity index (χ0v) is 9.59. The SMILES string of the molecule is CN(C)CC1CN(C)C(C)(C)CN1. The molecule has 1 N–H and O–H groups in total. The fraction of sp³-hybridized carbons (Fsp3) is 1.00. The van der Waals surface area contributed by atoms with Crippen molar-refractivity contribution in [2.45, 2.75) is 25.4 Å². The van der Waals surface area contributed by atoms with Gasteiger partial charge in [0.05, 0.1) is 0 Å². The summed E-state index contributed by atoms with van der Waals surface area (Å²) in [7, 11) is 6.46. The average molecular weight is 185 g/mol. The fourth-order valence-corrected chi connectivity index (χ4v) is 1.73. The van der Waals surface area contributed by atoms with Crippen molar-refractivity contribution in [2.75, 3.05) is 40.8 Å². The Hall–Kier alpha value is -0.120. The summed E-state index contributed by atoms with van der Waals surface area (Å²) in [6.45, 7) is 7.92. The molecule has 1 rings (SSSR count). The van der Waals surface area contributed by atoms with Gasteiger partial charge in [0.2, 0.25) is 0 Å². The molecule has 1 saturated heterocycles. The summed E-state index contributed by atoms with van der Waals surface area (Å²) in [5.41, 5.74) is 0.308. The van der Waals surface area contributed by atoms with Crippen LogP contribution in [0.1, 0.15) is 13.8 Å². The second-order valence-corrected chi connectivity index (χ2v) is 5.03. The first kappa shape index (κ1) is 11.0. The van der Waals surface area contributed by atoms with Crippen molar-refractivity contribution in [1.82, 2.24) is 15.1 Å². The van der Waals surface area contributed by atoms with Gasteiger partial charge in [-0.3, -0.25) is 4.90 Å². The number of hydrogen-bond donors (Lipinski definition) is 1. The van der Waals surface area contributed by atoms with Gasteiger partial charge in [0.1, 0.15) is 0 Å². The summed E-state index contributed by atoms with van der Waals surface area (Å²) in [6.07, 6.45) is 0. The maximum Gasteiger partial charge on any atom is 0.0323 e. The van der Waals surface area contributed by atoms with E-state index in [-0.39, 0.29) is 0 Å². The van der Waals surface area contributed by atoms with E-state index in [1.165, 1.54) is 0 Å². The molecule has 0 amide bonds. The summed E-state index contributed by atoms with van der Waals surface area (Å²) in [5, 5.41) is 3.59. The molecule has 1 heterocycles. The van der Waals surface area contributed by atoms with E-state index in [4.69, 9.17) is 0 Å². The Kier molecular flexibility index (Phi) is 3.33. The van der Waals surface area contributed by atoms with Crippen molar-refractivity contribution in [3.8, 4) is 0 Å². The summed E-state index contributed by atoms with van der Waals surface area (Å²) in [6, 6.07) is 0.619. The van der Waals surface area contributed by atoms with Crippen LogP contribution in [0.4, 0.5) is 0 Å². The minimum absolute atomic E-state index is 0.308. The standard InChI is InChI=1S/C10H23N3/c1-10(2)8-11-9(6-12(3)4)7-13(10)5/h9,11H,6-8H2,1-5H3. The molecule has 1 fully saturated rings. The minimum Gasteiger partial charge on any atom is -0.310 e. The Balaban J connectivity index is 2.42. The van der Waals surface area contributed by atoms with E-state index in [0.29, 0.717) is 11.6 Å². The van der Waals surface area contributed by atoms with Crippen LogP contribution in [0.2, 0.25) is 0 Å². The number of hydrogen-bond acceptors (Lipinski definition) is 3. The van der Waals surface area contributed by atoms with Crippen LogP contribution in [0.25, 0.3) is 0 Å². The Morgan fingerprint density at radius 3 is 2.54 bits per heavy atom. The van der Waals surface area contributed by atoms with Crippen LogP contribution in [-0.4, -0.2) is 62.2 Å². The van der Waals surface area contributed by atoms with Gasteiger partial charge in [0.15, 0.2) is 0 Å². The van der Waals surface area contributed by atoms with Crippen LogP contribution in [-0.2, 0) is 0 Å². The third kappa shape index (κ3) is 2.93. The second-order valence-electron chi connectivity index (χ2n) is 5.03. The quantitative estimate of drug-likeness (QED) is 0.664. The molecule has 1 unspecified atom stereocenters. The van der Waals surface area contributed by atoms with Gasteiger partial charge in [-0.25, -0.2) is 0 Å². The van der Waals surface area contributed by atoms with Crippen molar-refractivity contribution in [1.29, 1.82) is 0 Å². The smallest absolute Gasteiger partial charge is 0.0323 e. The first-order chi connectivity index (χ1) is 5.92. The Morgan fingerprint density at radius 2 is 2.08 bits per heavy atom. The van der Waals surface area contributed by atoms with Crippen LogP contribution < -0.4 is 5.32 Å². The highest BCUT2D eigenvalue weighted by atomic mass is 15.3. The van der Waals surface area contributed by atoms with Gasteiger partial charge in [0.25, 0.3) is 0 Å². The lowest BCUT2D eigenvalue weighted by atomic mass is 9.98.